The maximum Gasteiger partial charge on any atom is 0.211 e. The monoisotopic (exact) mass is 329 g/mol. The van der Waals surface area contributed by atoms with Crippen LogP contribution in [0.1, 0.15) is 34.7 Å². The molecule has 1 heterocycles. The van der Waals surface area contributed by atoms with Crippen LogP contribution in [0.4, 0.5) is 8.78 Å². The molecule has 1 aliphatic rings. The van der Waals surface area contributed by atoms with Crippen molar-refractivity contribution in [2.45, 2.75) is 25.7 Å². The molecule has 1 aromatic carbocycles. The molecular weight excluding hydrogens is 312 g/mol. The van der Waals surface area contributed by atoms with Gasteiger partial charge in [-0.15, -0.1) is 5.10 Å². The summed E-state index contributed by atoms with van der Waals surface area (Å²) in [4.78, 5) is 4.39. The normalized spacial score (nSPS) is 18.3. The Kier molecular flexibility index (Phi) is 4.24. The van der Waals surface area contributed by atoms with E-state index in [4.69, 9.17) is 11.5 Å². The second kappa shape index (κ2) is 6.35. The minimum Gasteiger partial charge on any atom is -0.369 e. The molecule has 0 amide bonds. The minimum absolute atomic E-state index is 0.152. The summed E-state index contributed by atoms with van der Waals surface area (Å²) < 4.78 is 27.3. The van der Waals surface area contributed by atoms with Crippen molar-refractivity contribution >= 4 is 11.7 Å². The van der Waals surface area contributed by atoms with Crippen molar-refractivity contribution in [1.29, 1.82) is 0 Å². The van der Waals surface area contributed by atoms with Crippen molar-refractivity contribution in [3.63, 3.8) is 0 Å². The summed E-state index contributed by atoms with van der Waals surface area (Å²) in [5, 5.41) is 7.86. The van der Waals surface area contributed by atoms with Crippen molar-refractivity contribution < 1.29 is 8.78 Å². The quantitative estimate of drug-likeness (QED) is 0.503. The molecule has 4 N–H and O–H groups in total. The fraction of sp³-hybridized carbons (Fsp3) is 0.235. The van der Waals surface area contributed by atoms with Crippen LogP contribution in [0, 0.1) is 18.6 Å². The van der Waals surface area contributed by atoms with Crippen molar-refractivity contribution in [3.8, 4) is 0 Å². The van der Waals surface area contributed by atoms with E-state index in [9.17, 15) is 8.78 Å². The lowest BCUT2D eigenvalue weighted by atomic mass is 9.80. The third-order valence-corrected chi connectivity index (χ3v) is 4.09. The van der Waals surface area contributed by atoms with Gasteiger partial charge in [0, 0.05) is 17.8 Å². The molecule has 0 fully saturated rings. The van der Waals surface area contributed by atoms with Gasteiger partial charge in [-0.2, -0.15) is 5.10 Å². The number of hydrogen-bond acceptors (Lipinski definition) is 3. The number of nitrogens with zero attached hydrogens (tertiary/aromatic N) is 3. The van der Waals surface area contributed by atoms with Crippen LogP contribution in [-0.2, 0) is 6.42 Å². The second-order valence-corrected chi connectivity index (χ2v) is 5.79. The number of aromatic nitrogens is 1. The van der Waals surface area contributed by atoms with Crippen molar-refractivity contribution in [1.82, 2.24) is 4.98 Å². The summed E-state index contributed by atoms with van der Waals surface area (Å²) in [6.07, 6.45) is 2.69. The minimum atomic E-state index is -0.601. The summed E-state index contributed by atoms with van der Waals surface area (Å²) in [5.41, 5.74) is 14.5. The Morgan fingerprint density at radius 3 is 2.71 bits per heavy atom. The first-order chi connectivity index (χ1) is 11.5. The fourth-order valence-electron chi connectivity index (χ4n) is 3.07. The van der Waals surface area contributed by atoms with E-state index in [0.29, 0.717) is 24.1 Å². The third-order valence-electron chi connectivity index (χ3n) is 4.09. The highest BCUT2D eigenvalue weighted by atomic mass is 19.1. The van der Waals surface area contributed by atoms with Crippen LogP contribution in [0.2, 0.25) is 0 Å². The SMILES string of the molecule is Cc1ccnc2c1/C(=N\N=C(N)N)CC(c1ccc(F)cc1F)C2. The first-order valence-electron chi connectivity index (χ1n) is 7.51. The van der Waals surface area contributed by atoms with E-state index >= 15 is 0 Å². The van der Waals surface area contributed by atoms with E-state index in [1.807, 2.05) is 13.0 Å². The highest BCUT2D eigenvalue weighted by Gasteiger charge is 2.29. The van der Waals surface area contributed by atoms with Gasteiger partial charge >= 0.3 is 0 Å². The highest BCUT2D eigenvalue weighted by Crippen LogP contribution is 2.34. The van der Waals surface area contributed by atoms with Gasteiger partial charge in [0.25, 0.3) is 0 Å². The van der Waals surface area contributed by atoms with Crippen molar-refractivity contribution in [3.05, 3.63) is 64.5 Å². The van der Waals surface area contributed by atoms with Gasteiger partial charge in [-0.1, -0.05) is 6.07 Å². The number of benzene rings is 1. The lowest BCUT2D eigenvalue weighted by Gasteiger charge is -2.26. The second-order valence-electron chi connectivity index (χ2n) is 5.79. The van der Waals surface area contributed by atoms with Gasteiger partial charge < -0.3 is 11.5 Å². The molecule has 1 aliphatic carbocycles. The van der Waals surface area contributed by atoms with Gasteiger partial charge in [-0.05, 0) is 48.9 Å². The lowest BCUT2D eigenvalue weighted by molar-refractivity contribution is 0.549. The summed E-state index contributed by atoms with van der Waals surface area (Å²) in [6.45, 7) is 1.95. The molecule has 2 aromatic rings. The van der Waals surface area contributed by atoms with Crippen molar-refractivity contribution in [2.75, 3.05) is 0 Å². The Morgan fingerprint density at radius 2 is 2.00 bits per heavy atom. The zero-order valence-corrected chi connectivity index (χ0v) is 13.1. The van der Waals surface area contributed by atoms with Gasteiger partial charge in [0.15, 0.2) is 0 Å². The first-order valence-corrected chi connectivity index (χ1v) is 7.51. The van der Waals surface area contributed by atoms with E-state index < -0.39 is 11.6 Å². The zero-order chi connectivity index (χ0) is 17.3. The number of rotatable bonds is 2. The van der Waals surface area contributed by atoms with Crippen molar-refractivity contribution in [2.24, 2.45) is 21.7 Å². The van der Waals surface area contributed by atoms with Crippen LogP contribution in [0.15, 0.2) is 40.7 Å². The van der Waals surface area contributed by atoms with Gasteiger partial charge in [-0.25, -0.2) is 8.78 Å². The van der Waals surface area contributed by atoms with Crippen LogP contribution in [0.25, 0.3) is 0 Å². The Labute approximate surface area is 138 Å². The first kappa shape index (κ1) is 16.0. The fourth-order valence-corrected chi connectivity index (χ4v) is 3.07. The Balaban J connectivity index is 2.08. The van der Waals surface area contributed by atoms with Crippen LogP contribution in [-0.4, -0.2) is 16.7 Å². The van der Waals surface area contributed by atoms with Crippen LogP contribution < -0.4 is 11.5 Å². The van der Waals surface area contributed by atoms with Crippen LogP contribution in [0.5, 0.6) is 0 Å². The molecule has 7 heteroatoms. The van der Waals surface area contributed by atoms with Crippen LogP contribution in [0.3, 0.4) is 0 Å². The summed E-state index contributed by atoms with van der Waals surface area (Å²) in [7, 11) is 0. The number of aryl methyl sites for hydroxylation is 1. The molecule has 5 nitrogen and oxygen atoms in total. The van der Waals surface area contributed by atoms with Gasteiger partial charge in [0.05, 0.1) is 11.4 Å². The molecule has 0 aliphatic heterocycles. The van der Waals surface area contributed by atoms with Gasteiger partial charge in [-0.3, -0.25) is 4.98 Å². The number of fused-ring (bicyclic) bond motifs is 1. The Morgan fingerprint density at radius 1 is 1.21 bits per heavy atom. The number of nitrogens with two attached hydrogens (primary N) is 2. The molecule has 0 radical (unpaired) electrons. The summed E-state index contributed by atoms with van der Waals surface area (Å²) in [6, 6.07) is 5.49. The maximum atomic E-state index is 14.2. The molecule has 0 bridgehead atoms. The molecule has 0 saturated heterocycles. The molecule has 1 unspecified atom stereocenters. The molecular formula is C17H17F2N5. The van der Waals surface area contributed by atoms with Gasteiger partial charge in [0.2, 0.25) is 5.96 Å². The van der Waals surface area contributed by atoms with Gasteiger partial charge in [0.1, 0.15) is 11.6 Å². The Hall–Kier alpha value is -2.83. The Bertz CT molecular complexity index is 841. The number of hydrogen-bond donors (Lipinski definition) is 2. The third kappa shape index (κ3) is 3.10. The van der Waals surface area contributed by atoms with E-state index in [0.717, 1.165) is 22.9 Å². The maximum absolute atomic E-state index is 14.2. The standard InChI is InChI=1S/C17H17F2N5/c1-9-4-5-22-14-6-10(12-3-2-11(18)8-13(12)19)7-15(16(9)14)23-24-17(20)21/h2-5,8,10H,6-7H2,1H3,(H4,20,21,24)/b23-15-. The molecule has 1 aromatic heterocycles. The molecule has 24 heavy (non-hydrogen) atoms. The number of halogens is 2. The van der Waals surface area contributed by atoms with E-state index in [-0.39, 0.29) is 11.9 Å². The molecule has 3 rings (SSSR count). The average molecular weight is 329 g/mol. The molecule has 0 saturated carbocycles. The largest absolute Gasteiger partial charge is 0.369 e. The van der Waals surface area contributed by atoms with Crippen LogP contribution >= 0.6 is 0 Å². The summed E-state index contributed by atoms with van der Waals surface area (Å²) >= 11 is 0. The van der Waals surface area contributed by atoms with E-state index in [1.165, 1.54) is 12.1 Å². The number of guanidine groups is 1. The number of pyridine rings is 1. The summed E-state index contributed by atoms with van der Waals surface area (Å²) in [5.74, 6) is -1.53. The van der Waals surface area contributed by atoms with E-state index in [2.05, 4.69) is 15.2 Å². The predicted octanol–water partition coefficient (Wildman–Crippen LogP) is 2.38. The average Bonchev–Trinajstić information content (AvgIpc) is 2.52. The predicted molar refractivity (Wildman–Crippen MR) is 88.7 cm³/mol. The molecule has 0 spiro atoms. The zero-order valence-electron chi connectivity index (χ0n) is 13.1. The molecule has 1 atom stereocenters. The smallest absolute Gasteiger partial charge is 0.211 e. The lowest BCUT2D eigenvalue weighted by Crippen LogP contribution is -2.24. The molecule has 124 valence electrons. The topological polar surface area (TPSA) is 89.6 Å². The highest BCUT2D eigenvalue weighted by molar-refractivity contribution is 6.04. The van der Waals surface area contributed by atoms with E-state index in [1.54, 1.807) is 6.20 Å².